The van der Waals surface area contributed by atoms with Crippen LogP contribution < -0.4 is 10.4 Å². The lowest BCUT2D eigenvalue weighted by atomic mass is 10.2. The normalized spacial score (nSPS) is 12.8. The van der Waals surface area contributed by atoms with Gasteiger partial charge in [-0.3, -0.25) is 0 Å². The first kappa shape index (κ1) is 18.1. The molecule has 23 heavy (non-hydrogen) atoms. The fraction of sp³-hybridized carbons (Fsp3) is 0.350. The van der Waals surface area contributed by atoms with Gasteiger partial charge in [0.2, 0.25) is 0 Å². The third kappa shape index (κ3) is 4.64. The molecule has 0 bridgehead atoms. The van der Waals surface area contributed by atoms with Crippen LogP contribution in [0, 0.1) is 0 Å². The van der Waals surface area contributed by atoms with E-state index in [1.165, 1.54) is 10.4 Å². The van der Waals surface area contributed by atoms with Crippen LogP contribution >= 0.6 is 15.9 Å². The second kappa shape index (κ2) is 8.60. The van der Waals surface area contributed by atoms with Gasteiger partial charge in [-0.2, -0.15) is 0 Å². The molecule has 0 saturated carbocycles. The molecule has 0 aromatic heterocycles. The maximum absolute atomic E-state index is 13.2. The van der Waals surface area contributed by atoms with E-state index in [0.717, 1.165) is 19.3 Å². The average molecular weight is 389 g/mol. The number of alkyl halides is 1. The van der Waals surface area contributed by atoms with Crippen molar-refractivity contribution in [3.8, 4) is 0 Å². The molecule has 0 spiro atoms. The summed E-state index contributed by atoms with van der Waals surface area (Å²) in [6.07, 6.45) is 3.90. The van der Waals surface area contributed by atoms with Gasteiger partial charge in [-0.15, -0.1) is 0 Å². The summed E-state index contributed by atoms with van der Waals surface area (Å²) in [5, 5.41) is 2.87. The highest BCUT2D eigenvalue weighted by molar-refractivity contribution is 9.09. The van der Waals surface area contributed by atoms with Crippen LogP contribution in [0.3, 0.4) is 0 Å². The Hall–Kier alpha value is -1.19. The Balaban J connectivity index is 2.23. The number of halogens is 1. The third-order valence-electron chi connectivity index (χ3n) is 4.52. The van der Waals surface area contributed by atoms with E-state index in [4.69, 9.17) is 0 Å². The van der Waals surface area contributed by atoms with E-state index in [-0.39, 0.29) is 0 Å². The second-order valence-corrected chi connectivity index (χ2v) is 11.8. The SMILES string of the molecule is CC(Br)CCCCC(=O)[Si](C)(c1ccccc1)c1ccccc1. The molecule has 122 valence electrons. The molecule has 0 aliphatic rings. The maximum Gasteiger partial charge on any atom is 0.190 e. The number of hydrogen-bond donors (Lipinski definition) is 0. The molecule has 3 heteroatoms. The first-order chi connectivity index (χ1) is 11.0. The van der Waals surface area contributed by atoms with Crippen LogP contribution in [0.2, 0.25) is 6.55 Å². The topological polar surface area (TPSA) is 17.1 Å². The Morgan fingerprint density at radius 3 is 1.87 bits per heavy atom. The molecule has 2 rings (SSSR count). The standard InChI is InChI=1S/C20H25BrOSi/c1-17(21)11-9-10-16-20(22)23(2,18-12-5-3-6-13-18)19-14-7-4-8-15-19/h3-8,12-15,17H,9-11,16H2,1-2H3. The van der Waals surface area contributed by atoms with Gasteiger partial charge in [-0.25, -0.2) is 0 Å². The van der Waals surface area contributed by atoms with Crippen molar-refractivity contribution in [2.45, 2.75) is 44.0 Å². The van der Waals surface area contributed by atoms with Crippen molar-refractivity contribution in [1.82, 2.24) is 0 Å². The summed E-state index contributed by atoms with van der Waals surface area (Å²) in [4.78, 5) is 13.7. The molecule has 0 saturated heterocycles. The average Bonchev–Trinajstić information content (AvgIpc) is 2.59. The lowest BCUT2D eigenvalue weighted by Crippen LogP contribution is -2.62. The maximum atomic E-state index is 13.2. The molecule has 0 fully saturated rings. The quantitative estimate of drug-likeness (QED) is 0.373. The van der Waals surface area contributed by atoms with Crippen LogP contribution in [-0.2, 0) is 4.79 Å². The summed E-state index contributed by atoms with van der Waals surface area (Å²) >= 11 is 3.58. The van der Waals surface area contributed by atoms with Gasteiger partial charge in [0.05, 0.1) is 0 Å². The Kier molecular flexibility index (Phi) is 6.79. The summed E-state index contributed by atoms with van der Waals surface area (Å²) in [6.45, 7) is 4.36. The number of carbonyl (C=O) groups excluding carboxylic acids is 1. The lowest BCUT2D eigenvalue weighted by Gasteiger charge is -2.27. The highest BCUT2D eigenvalue weighted by Gasteiger charge is 2.39. The molecule has 0 N–H and O–H groups in total. The van der Waals surface area contributed by atoms with Crippen molar-refractivity contribution in [3.05, 3.63) is 60.7 Å². The fourth-order valence-electron chi connectivity index (χ4n) is 2.99. The van der Waals surface area contributed by atoms with Gasteiger partial charge in [-0.05, 0) is 23.2 Å². The molecule has 1 nitrogen and oxygen atoms in total. The van der Waals surface area contributed by atoms with E-state index in [2.05, 4.69) is 53.7 Å². The minimum absolute atomic E-state index is 0.442. The second-order valence-electron chi connectivity index (χ2n) is 6.31. The van der Waals surface area contributed by atoms with Crippen LogP contribution in [0.4, 0.5) is 0 Å². The van der Waals surface area contributed by atoms with Crippen LogP contribution in [0.15, 0.2) is 60.7 Å². The number of benzene rings is 2. The van der Waals surface area contributed by atoms with Gasteiger partial charge in [0.25, 0.3) is 0 Å². The Bertz CT molecular complexity index is 571. The molecule has 0 aliphatic carbocycles. The fourth-order valence-corrected chi connectivity index (χ4v) is 6.69. The minimum atomic E-state index is -2.33. The van der Waals surface area contributed by atoms with E-state index in [0.29, 0.717) is 16.7 Å². The van der Waals surface area contributed by atoms with Crippen LogP contribution in [0.25, 0.3) is 0 Å². The highest BCUT2D eigenvalue weighted by atomic mass is 79.9. The monoisotopic (exact) mass is 388 g/mol. The summed E-state index contributed by atoms with van der Waals surface area (Å²) in [5.41, 5.74) is 0. The molecule has 2 aromatic carbocycles. The van der Waals surface area contributed by atoms with Crippen molar-refractivity contribution in [2.75, 3.05) is 0 Å². The molecule has 2 aromatic rings. The van der Waals surface area contributed by atoms with Crippen LogP contribution in [-0.4, -0.2) is 18.3 Å². The lowest BCUT2D eigenvalue weighted by molar-refractivity contribution is -0.112. The van der Waals surface area contributed by atoms with Gasteiger partial charge in [0.1, 0.15) is 5.41 Å². The molecule has 0 radical (unpaired) electrons. The predicted octanol–water partition coefficient (Wildman–Crippen LogP) is 4.33. The third-order valence-corrected chi connectivity index (χ3v) is 9.31. The largest absolute Gasteiger partial charge is 0.305 e. The molecular formula is C20H25BrOSi. The summed E-state index contributed by atoms with van der Waals surface area (Å²) in [7, 11) is -2.33. The Morgan fingerprint density at radius 1 is 0.957 bits per heavy atom. The van der Waals surface area contributed by atoms with Gasteiger partial charge >= 0.3 is 0 Å². The number of rotatable bonds is 8. The molecule has 1 atom stereocenters. The molecule has 0 amide bonds. The van der Waals surface area contributed by atoms with Crippen molar-refractivity contribution >= 4 is 39.8 Å². The van der Waals surface area contributed by atoms with Gasteiger partial charge in [-0.1, -0.05) is 96.5 Å². The molecular weight excluding hydrogens is 364 g/mol. The number of unbranched alkanes of at least 4 members (excludes halogenated alkanes) is 1. The van der Waals surface area contributed by atoms with E-state index < -0.39 is 8.07 Å². The zero-order chi connectivity index (χ0) is 16.7. The van der Waals surface area contributed by atoms with E-state index in [1.807, 2.05) is 36.4 Å². The van der Waals surface area contributed by atoms with Gasteiger partial charge in [0.15, 0.2) is 8.07 Å². The molecule has 1 unspecified atom stereocenters. The van der Waals surface area contributed by atoms with E-state index >= 15 is 0 Å². The van der Waals surface area contributed by atoms with Gasteiger partial charge < -0.3 is 4.79 Å². The number of hydrogen-bond acceptors (Lipinski definition) is 1. The van der Waals surface area contributed by atoms with Crippen molar-refractivity contribution in [1.29, 1.82) is 0 Å². The molecule has 0 heterocycles. The minimum Gasteiger partial charge on any atom is -0.305 e. The highest BCUT2D eigenvalue weighted by Crippen LogP contribution is 2.14. The van der Waals surface area contributed by atoms with Gasteiger partial charge in [0, 0.05) is 11.2 Å². The number of carbonyl (C=O) groups is 1. The first-order valence-electron chi connectivity index (χ1n) is 8.33. The van der Waals surface area contributed by atoms with Crippen molar-refractivity contribution < 1.29 is 4.79 Å². The first-order valence-corrected chi connectivity index (χ1v) is 11.7. The zero-order valence-electron chi connectivity index (χ0n) is 14.0. The van der Waals surface area contributed by atoms with Crippen LogP contribution in [0.1, 0.15) is 32.6 Å². The summed E-state index contributed by atoms with van der Waals surface area (Å²) in [5.74, 6) is 0. The predicted molar refractivity (Wildman–Crippen MR) is 106 cm³/mol. The van der Waals surface area contributed by atoms with E-state index in [1.54, 1.807) is 0 Å². The Morgan fingerprint density at radius 2 is 1.43 bits per heavy atom. The zero-order valence-corrected chi connectivity index (χ0v) is 16.6. The van der Waals surface area contributed by atoms with Crippen molar-refractivity contribution in [3.63, 3.8) is 0 Å². The summed E-state index contributed by atoms with van der Waals surface area (Å²) in [6, 6.07) is 20.7. The van der Waals surface area contributed by atoms with Crippen molar-refractivity contribution in [2.24, 2.45) is 0 Å². The smallest absolute Gasteiger partial charge is 0.190 e. The summed E-state index contributed by atoms with van der Waals surface area (Å²) < 4.78 is 0. The van der Waals surface area contributed by atoms with E-state index in [9.17, 15) is 4.79 Å². The van der Waals surface area contributed by atoms with Crippen LogP contribution in [0.5, 0.6) is 0 Å². The molecule has 0 aliphatic heterocycles. The Labute approximate surface area is 149 Å².